The second kappa shape index (κ2) is 7.13. The minimum atomic E-state index is -0.540. The van der Waals surface area contributed by atoms with Crippen LogP contribution in [-0.2, 0) is 4.74 Å². The van der Waals surface area contributed by atoms with Gasteiger partial charge in [-0.3, -0.25) is 0 Å². The number of hydrogen-bond acceptors (Lipinski definition) is 3. The summed E-state index contributed by atoms with van der Waals surface area (Å²) >= 11 is 12.0. The molecule has 1 saturated heterocycles. The highest BCUT2D eigenvalue weighted by atomic mass is 35.5. The predicted octanol–water partition coefficient (Wildman–Crippen LogP) is 1.94. The number of ether oxygens (including phenoxy) is 1. The van der Waals surface area contributed by atoms with Crippen molar-refractivity contribution in [3.63, 3.8) is 0 Å². The zero-order valence-electron chi connectivity index (χ0n) is 10.9. The van der Waals surface area contributed by atoms with Gasteiger partial charge in [0.1, 0.15) is 0 Å². The molecule has 0 radical (unpaired) electrons. The zero-order valence-corrected chi connectivity index (χ0v) is 12.4. The SMILES string of the molecule is NC(=O)NC[C@H]1CNCCO[C@@H]1c1ccc(Cl)c(Cl)c1. The molecule has 0 saturated carbocycles. The van der Waals surface area contributed by atoms with Crippen molar-refractivity contribution in [2.24, 2.45) is 11.7 Å². The Morgan fingerprint density at radius 2 is 2.25 bits per heavy atom. The van der Waals surface area contributed by atoms with Crippen molar-refractivity contribution < 1.29 is 9.53 Å². The number of amides is 2. The van der Waals surface area contributed by atoms with Crippen LogP contribution in [0.1, 0.15) is 11.7 Å². The number of nitrogens with two attached hydrogens (primary N) is 1. The Kier molecular flexibility index (Phi) is 5.48. The van der Waals surface area contributed by atoms with Crippen molar-refractivity contribution >= 4 is 29.2 Å². The van der Waals surface area contributed by atoms with Gasteiger partial charge in [-0.2, -0.15) is 0 Å². The van der Waals surface area contributed by atoms with E-state index in [0.29, 0.717) is 23.2 Å². The number of urea groups is 1. The van der Waals surface area contributed by atoms with Gasteiger partial charge in [-0.15, -0.1) is 0 Å². The molecular weight excluding hydrogens is 301 g/mol. The fraction of sp³-hybridized carbons (Fsp3) is 0.462. The van der Waals surface area contributed by atoms with Crippen LogP contribution >= 0.6 is 23.2 Å². The molecule has 5 nitrogen and oxygen atoms in total. The number of halogens is 2. The summed E-state index contributed by atoms with van der Waals surface area (Å²) in [6, 6.07) is 4.90. The van der Waals surface area contributed by atoms with Crippen LogP contribution in [0.15, 0.2) is 18.2 Å². The van der Waals surface area contributed by atoms with E-state index in [9.17, 15) is 4.79 Å². The van der Waals surface area contributed by atoms with Crippen LogP contribution in [0.3, 0.4) is 0 Å². The molecule has 0 aliphatic carbocycles. The van der Waals surface area contributed by atoms with Gasteiger partial charge in [0.15, 0.2) is 0 Å². The Labute approximate surface area is 127 Å². The number of benzene rings is 1. The second-order valence-electron chi connectivity index (χ2n) is 4.67. The Morgan fingerprint density at radius 1 is 1.45 bits per heavy atom. The molecule has 1 aromatic rings. The Bertz CT molecular complexity index is 485. The van der Waals surface area contributed by atoms with Crippen LogP contribution in [0.4, 0.5) is 4.79 Å². The van der Waals surface area contributed by atoms with Crippen LogP contribution < -0.4 is 16.4 Å². The molecule has 1 aliphatic heterocycles. The average molecular weight is 318 g/mol. The molecule has 4 N–H and O–H groups in total. The molecule has 1 aromatic carbocycles. The molecule has 2 amide bonds. The fourth-order valence-electron chi connectivity index (χ4n) is 2.26. The number of primary amides is 1. The van der Waals surface area contributed by atoms with Gasteiger partial charge >= 0.3 is 6.03 Å². The maximum Gasteiger partial charge on any atom is 0.312 e. The van der Waals surface area contributed by atoms with Crippen molar-refractivity contribution in [2.45, 2.75) is 6.10 Å². The van der Waals surface area contributed by atoms with Gasteiger partial charge in [0.2, 0.25) is 0 Å². The number of nitrogens with one attached hydrogen (secondary N) is 2. The third kappa shape index (κ3) is 3.99. The van der Waals surface area contributed by atoms with E-state index in [-0.39, 0.29) is 12.0 Å². The molecular formula is C13H17Cl2N3O2. The largest absolute Gasteiger partial charge is 0.372 e. The summed E-state index contributed by atoms with van der Waals surface area (Å²) < 4.78 is 5.87. The molecule has 0 aromatic heterocycles. The number of rotatable bonds is 3. The fourth-order valence-corrected chi connectivity index (χ4v) is 2.56. The van der Waals surface area contributed by atoms with Crippen LogP contribution in [-0.4, -0.2) is 32.3 Å². The summed E-state index contributed by atoms with van der Waals surface area (Å²) in [5.74, 6) is 0.0715. The Balaban J connectivity index is 2.18. The zero-order chi connectivity index (χ0) is 14.5. The van der Waals surface area contributed by atoms with Crippen LogP contribution in [0.25, 0.3) is 0 Å². The molecule has 1 aliphatic rings. The van der Waals surface area contributed by atoms with Crippen LogP contribution in [0, 0.1) is 5.92 Å². The van der Waals surface area contributed by atoms with E-state index in [2.05, 4.69) is 10.6 Å². The lowest BCUT2D eigenvalue weighted by molar-refractivity contribution is 0.0316. The summed E-state index contributed by atoms with van der Waals surface area (Å²) in [7, 11) is 0. The number of carbonyl (C=O) groups excluding carboxylic acids is 1. The van der Waals surface area contributed by atoms with Gasteiger partial charge in [-0.05, 0) is 17.7 Å². The second-order valence-corrected chi connectivity index (χ2v) is 5.49. The lowest BCUT2D eigenvalue weighted by Crippen LogP contribution is -2.38. The summed E-state index contributed by atoms with van der Waals surface area (Å²) in [5.41, 5.74) is 6.07. The third-order valence-corrected chi connectivity index (χ3v) is 3.96. The molecule has 0 bridgehead atoms. The Hall–Kier alpha value is -1.01. The van der Waals surface area contributed by atoms with Gasteiger partial charge in [0.05, 0.1) is 22.8 Å². The predicted molar refractivity (Wildman–Crippen MR) is 79.1 cm³/mol. The highest BCUT2D eigenvalue weighted by molar-refractivity contribution is 6.42. The van der Waals surface area contributed by atoms with E-state index in [1.807, 2.05) is 6.07 Å². The van der Waals surface area contributed by atoms with Crippen molar-refractivity contribution in [2.75, 3.05) is 26.2 Å². The molecule has 2 rings (SSSR count). The van der Waals surface area contributed by atoms with Gasteiger partial charge in [0, 0.05) is 25.6 Å². The maximum absolute atomic E-state index is 10.9. The minimum absolute atomic E-state index is 0.0715. The molecule has 1 heterocycles. The van der Waals surface area contributed by atoms with Crippen molar-refractivity contribution in [1.29, 1.82) is 0 Å². The first-order valence-electron chi connectivity index (χ1n) is 6.38. The van der Waals surface area contributed by atoms with E-state index in [1.54, 1.807) is 12.1 Å². The standard InChI is InChI=1S/C13H17Cl2N3O2/c14-10-2-1-8(5-11(10)15)12-9(7-18-13(16)19)6-17-3-4-20-12/h1-2,5,9,12,17H,3-4,6-7H2,(H3,16,18,19)/t9-,12-/m1/s1. The van der Waals surface area contributed by atoms with E-state index in [0.717, 1.165) is 18.7 Å². The summed E-state index contributed by atoms with van der Waals surface area (Å²) in [4.78, 5) is 10.9. The van der Waals surface area contributed by atoms with E-state index < -0.39 is 6.03 Å². The highest BCUT2D eigenvalue weighted by Crippen LogP contribution is 2.31. The Morgan fingerprint density at radius 3 is 2.95 bits per heavy atom. The quantitative estimate of drug-likeness (QED) is 0.797. The van der Waals surface area contributed by atoms with Crippen LogP contribution in [0.5, 0.6) is 0 Å². The summed E-state index contributed by atoms with van der Waals surface area (Å²) in [6.45, 7) is 2.53. The normalized spacial score (nSPS) is 23.1. The van der Waals surface area contributed by atoms with Gasteiger partial charge < -0.3 is 21.1 Å². The lowest BCUT2D eigenvalue weighted by atomic mass is 9.95. The monoisotopic (exact) mass is 317 g/mol. The first-order valence-corrected chi connectivity index (χ1v) is 7.14. The van der Waals surface area contributed by atoms with Gasteiger partial charge in [-0.1, -0.05) is 29.3 Å². The van der Waals surface area contributed by atoms with Crippen molar-refractivity contribution in [3.05, 3.63) is 33.8 Å². The first-order chi connectivity index (χ1) is 9.58. The minimum Gasteiger partial charge on any atom is -0.372 e. The van der Waals surface area contributed by atoms with Crippen molar-refractivity contribution in [1.82, 2.24) is 10.6 Å². The van der Waals surface area contributed by atoms with Crippen molar-refractivity contribution in [3.8, 4) is 0 Å². The molecule has 20 heavy (non-hydrogen) atoms. The molecule has 0 unspecified atom stereocenters. The molecule has 0 spiro atoms. The summed E-state index contributed by atoms with van der Waals surface area (Å²) in [6.07, 6.45) is -0.161. The summed E-state index contributed by atoms with van der Waals surface area (Å²) in [5, 5.41) is 6.90. The van der Waals surface area contributed by atoms with E-state index in [1.165, 1.54) is 0 Å². The van der Waals surface area contributed by atoms with E-state index >= 15 is 0 Å². The number of carbonyl (C=O) groups is 1. The smallest absolute Gasteiger partial charge is 0.312 e. The molecule has 2 atom stereocenters. The molecule has 7 heteroatoms. The average Bonchev–Trinajstić information content (AvgIpc) is 2.65. The van der Waals surface area contributed by atoms with Gasteiger partial charge in [-0.25, -0.2) is 4.79 Å². The maximum atomic E-state index is 10.9. The molecule has 1 fully saturated rings. The molecule has 110 valence electrons. The third-order valence-electron chi connectivity index (χ3n) is 3.22. The first kappa shape index (κ1) is 15.4. The number of hydrogen-bond donors (Lipinski definition) is 3. The highest BCUT2D eigenvalue weighted by Gasteiger charge is 2.26. The van der Waals surface area contributed by atoms with Crippen LogP contribution in [0.2, 0.25) is 10.0 Å². The lowest BCUT2D eigenvalue weighted by Gasteiger charge is -2.25. The topological polar surface area (TPSA) is 76.4 Å². The van der Waals surface area contributed by atoms with E-state index in [4.69, 9.17) is 33.7 Å². The van der Waals surface area contributed by atoms with Gasteiger partial charge in [0.25, 0.3) is 0 Å².